The van der Waals surface area contributed by atoms with Gasteiger partial charge in [0.05, 0.1) is 0 Å². The van der Waals surface area contributed by atoms with Crippen LogP contribution in [0.15, 0.2) is 24.3 Å². The molecule has 1 aliphatic rings. The highest BCUT2D eigenvalue weighted by atomic mass is 16.6. The molecule has 3 rings (SSSR count). The second-order valence-corrected chi connectivity index (χ2v) is 5.62. The van der Waals surface area contributed by atoms with E-state index in [1.807, 2.05) is 31.2 Å². The number of anilines is 3. The number of rotatable bonds is 5. The normalized spacial score (nSPS) is 14.2. The van der Waals surface area contributed by atoms with Gasteiger partial charge in [-0.05, 0) is 32.4 Å². The van der Waals surface area contributed by atoms with E-state index in [1.165, 1.54) is 0 Å². The summed E-state index contributed by atoms with van der Waals surface area (Å²) in [6, 6.07) is 8.06. The zero-order valence-corrected chi connectivity index (χ0v) is 13.7. The molecule has 0 fully saturated rings. The second kappa shape index (κ2) is 6.73. The van der Waals surface area contributed by atoms with Crippen molar-refractivity contribution in [2.24, 2.45) is 0 Å². The van der Waals surface area contributed by atoms with Crippen molar-refractivity contribution >= 4 is 17.3 Å². The molecule has 2 aromatic rings. The van der Waals surface area contributed by atoms with Crippen molar-refractivity contribution in [3.05, 3.63) is 30.1 Å². The maximum atomic E-state index is 5.61. The predicted octanol–water partition coefficient (Wildman–Crippen LogP) is 3.51. The van der Waals surface area contributed by atoms with E-state index in [0.717, 1.165) is 41.1 Å². The number of aromatic nitrogens is 2. The minimum atomic E-state index is 0.367. The molecular formula is C17H22N4O2. The van der Waals surface area contributed by atoms with E-state index in [1.54, 1.807) is 0 Å². The molecule has 1 aromatic heterocycles. The van der Waals surface area contributed by atoms with Gasteiger partial charge >= 0.3 is 0 Å². The number of fused-ring (bicyclic) bond motifs is 1. The fourth-order valence-corrected chi connectivity index (χ4v) is 2.33. The van der Waals surface area contributed by atoms with E-state index in [4.69, 9.17) is 9.47 Å². The van der Waals surface area contributed by atoms with Crippen LogP contribution in [-0.2, 0) is 0 Å². The van der Waals surface area contributed by atoms with Gasteiger partial charge in [-0.25, -0.2) is 9.97 Å². The lowest BCUT2D eigenvalue weighted by Gasteiger charge is -2.19. The molecule has 0 amide bonds. The molecule has 2 N–H and O–H groups in total. The summed E-state index contributed by atoms with van der Waals surface area (Å²) >= 11 is 0. The Hall–Kier alpha value is -2.50. The van der Waals surface area contributed by atoms with E-state index in [9.17, 15) is 0 Å². The fraction of sp³-hybridized carbons (Fsp3) is 0.412. The second-order valence-electron chi connectivity index (χ2n) is 5.62. The summed E-state index contributed by atoms with van der Waals surface area (Å²) in [6.07, 6.45) is 1.04. The van der Waals surface area contributed by atoms with Gasteiger partial charge in [0.1, 0.15) is 30.7 Å². The molecule has 2 heterocycles. The third kappa shape index (κ3) is 3.83. The smallest absolute Gasteiger partial charge is 0.163 e. The molecule has 1 atom stereocenters. The van der Waals surface area contributed by atoms with Gasteiger partial charge in [-0.2, -0.15) is 0 Å². The summed E-state index contributed by atoms with van der Waals surface area (Å²) in [6.45, 7) is 7.32. The van der Waals surface area contributed by atoms with E-state index in [0.29, 0.717) is 19.3 Å². The zero-order valence-electron chi connectivity index (χ0n) is 13.7. The Morgan fingerprint density at radius 1 is 1.09 bits per heavy atom. The average Bonchev–Trinajstić information content (AvgIpc) is 2.54. The maximum absolute atomic E-state index is 5.61. The van der Waals surface area contributed by atoms with Crippen molar-refractivity contribution in [2.75, 3.05) is 23.8 Å². The number of hydrogen-bond donors (Lipinski definition) is 2. The van der Waals surface area contributed by atoms with Gasteiger partial charge in [0.25, 0.3) is 0 Å². The molecule has 6 nitrogen and oxygen atoms in total. The molecule has 122 valence electrons. The van der Waals surface area contributed by atoms with Crippen LogP contribution in [0.4, 0.5) is 17.3 Å². The first kappa shape index (κ1) is 15.4. The van der Waals surface area contributed by atoms with Gasteiger partial charge in [-0.1, -0.05) is 6.92 Å². The fourth-order valence-electron chi connectivity index (χ4n) is 2.33. The van der Waals surface area contributed by atoms with Crippen molar-refractivity contribution in [1.82, 2.24) is 9.97 Å². The molecule has 1 unspecified atom stereocenters. The van der Waals surface area contributed by atoms with Gasteiger partial charge in [0.2, 0.25) is 0 Å². The van der Waals surface area contributed by atoms with Crippen LogP contribution in [0.5, 0.6) is 11.5 Å². The Morgan fingerprint density at radius 3 is 2.61 bits per heavy atom. The Morgan fingerprint density at radius 2 is 1.83 bits per heavy atom. The van der Waals surface area contributed by atoms with Gasteiger partial charge in [0, 0.05) is 23.9 Å². The van der Waals surface area contributed by atoms with Gasteiger partial charge < -0.3 is 20.1 Å². The maximum Gasteiger partial charge on any atom is 0.163 e. The van der Waals surface area contributed by atoms with Crippen LogP contribution in [-0.4, -0.2) is 29.2 Å². The highest BCUT2D eigenvalue weighted by Crippen LogP contribution is 2.33. The summed E-state index contributed by atoms with van der Waals surface area (Å²) in [7, 11) is 0. The van der Waals surface area contributed by atoms with Crippen molar-refractivity contribution in [1.29, 1.82) is 0 Å². The monoisotopic (exact) mass is 314 g/mol. The van der Waals surface area contributed by atoms with Crippen LogP contribution in [0.1, 0.15) is 26.1 Å². The molecule has 1 aliphatic heterocycles. The summed E-state index contributed by atoms with van der Waals surface area (Å²) in [5.41, 5.74) is 0.904. The van der Waals surface area contributed by atoms with Crippen LogP contribution in [0.2, 0.25) is 0 Å². The standard InChI is InChI=1S/C17H22N4O2/c1-4-11(2)18-16-10-17(20-12(3)19-16)21-13-5-6-14-15(9-13)23-8-7-22-14/h5-6,9-11H,4,7-8H2,1-3H3,(H2,18,19,20,21). The first-order chi connectivity index (χ1) is 11.1. The molecule has 0 saturated carbocycles. The minimum absolute atomic E-state index is 0.367. The van der Waals surface area contributed by atoms with Crippen LogP contribution in [0.25, 0.3) is 0 Å². The largest absolute Gasteiger partial charge is 0.486 e. The first-order valence-corrected chi connectivity index (χ1v) is 7.93. The summed E-state index contributed by atoms with van der Waals surface area (Å²) < 4.78 is 11.1. The lowest BCUT2D eigenvalue weighted by atomic mass is 10.2. The molecular weight excluding hydrogens is 292 g/mol. The molecule has 0 aliphatic carbocycles. The Kier molecular flexibility index (Phi) is 4.50. The van der Waals surface area contributed by atoms with Crippen LogP contribution < -0.4 is 20.1 Å². The molecule has 0 saturated heterocycles. The van der Waals surface area contributed by atoms with Crippen LogP contribution in [0, 0.1) is 6.92 Å². The predicted molar refractivity (Wildman–Crippen MR) is 90.9 cm³/mol. The summed E-state index contributed by atoms with van der Waals surface area (Å²) in [5, 5.41) is 6.67. The van der Waals surface area contributed by atoms with E-state index >= 15 is 0 Å². The quantitative estimate of drug-likeness (QED) is 0.880. The number of aryl methyl sites for hydroxylation is 1. The van der Waals surface area contributed by atoms with Gasteiger partial charge in [-0.3, -0.25) is 0 Å². The van der Waals surface area contributed by atoms with Crippen molar-refractivity contribution in [3.63, 3.8) is 0 Å². The van der Waals surface area contributed by atoms with Gasteiger partial charge in [-0.15, -0.1) is 0 Å². The summed E-state index contributed by atoms with van der Waals surface area (Å²) in [5.74, 6) is 3.83. The molecule has 1 aromatic carbocycles. The molecule has 0 spiro atoms. The number of ether oxygens (including phenoxy) is 2. The Balaban J connectivity index is 1.79. The molecule has 0 radical (unpaired) electrons. The van der Waals surface area contributed by atoms with E-state index in [2.05, 4.69) is 34.4 Å². The van der Waals surface area contributed by atoms with Crippen molar-refractivity contribution in [2.45, 2.75) is 33.2 Å². The van der Waals surface area contributed by atoms with E-state index in [-0.39, 0.29) is 0 Å². The average molecular weight is 314 g/mol. The zero-order chi connectivity index (χ0) is 16.2. The molecule has 23 heavy (non-hydrogen) atoms. The lowest BCUT2D eigenvalue weighted by molar-refractivity contribution is 0.171. The number of benzene rings is 1. The Labute approximate surface area is 136 Å². The van der Waals surface area contributed by atoms with Crippen molar-refractivity contribution < 1.29 is 9.47 Å². The Bertz CT molecular complexity index is 690. The van der Waals surface area contributed by atoms with E-state index < -0.39 is 0 Å². The topological polar surface area (TPSA) is 68.3 Å². The van der Waals surface area contributed by atoms with Gasteiger partial charge in [0.15, 0.2) is 11.5 Å². The third-order valence-corrected chi connectivity index (χ3v) is 3.66. The third-order valence-electron chi connectivity index (χ3n) is 3.66. The van der Waals surface area contributed by atoms with Crippen molar-refractivity contribution in [3.8, 4) is 11.5 Å². The SMILES string of the molecule is CCC(C)Nc1cc(Nc2ccc3c(c2)OCCO3)nc(C)n1. The highest BCUT2D eigenvalue weighted by molar-refractivity contribution is 5.63. The van der Waals surface area contributed by atoms with Crippen LogP contribution >= 0.6 is 0 Å². The first-order valence-electron chi connectivity index (χ1n) is 7.93. The molecule has 6 heteroatoms. The minimum Gasteiger partial charge on any atom is -0.486 e. The lowest BCUT2D eigenvalue weighted by Crippen LogP contribution is -2.16. The molecule has 0 bridgehead atoms. The van der Waals surface area contributed by atoms with Crippen LogP contribution in [0.3, 0.4) is 0 Å². The summed E-state index contributed by atoms with van der Waals surface area (Å²) in [4.78, 5) is 8.87. The highest BCUT2D eigenvalue weighted by Gasteiger charge is 2.12. The number of nitrogens with one attached hydrogen (secondary N) is 2. The number of nitrogens with zero attached hydrogens (tertiary/aromatic N) is 2. The number of hydrogen-bond acceptors (Lipinski definition) is 6.